The molecule has 0 aliphatic heterocycles. The summed E-state index contributed by atoms with van der Waals surface area (Å²) in [5.41, 5.74) is 1.63. The van der Waals surface area contributed by atoms with E-state index in [1.165, 1.54) is 6.20 Å². The summed E-state index contributed by atoms with van der Waals surface area (Å²) in [6.45, 7) is 0. The molecule has 0 fully saturated rings. The van der Waals surface area contributed by atoms with Gasteiger partial charge in [0.05, 0.1) is 11.8 Å². The molecular weight excluding hydrogens is 310 g/mol. The Balaban J connectivity index is 2.00. The fourth-order valence-corrected chi connectivity index (χ4v) is 1.85. The van der Waals surface area contributed by atoms with Crippen molar-refractivity contribution in [1.82, 2.24) is 20.3 Å². The molecule has 0 saturated carbocycles. The fourth-order valence-electron chi connectivity index (χ4n) is 1.58. The second kappa shape index (κ2) is 4.66. The third-order valence-corrected chi connectivity index (χ3v) is 3.04. The third kappa shape index (κ3) is 2.13. The summed E-state index contributed by atoms with van der Waals surface area (Å²) in [6.07, 6.45) is 1.48. The first kappa shape index (κ1) is 11.6. The summed E-state index contributed by atoms with van der Waals surface area (Å²) in [4.78, 5) is 4.26. The summed E-state index contributed by atoms with van der Waals surface area (Å²) >= 11 is 3.36. The molecule has 19 heavy (non-hydrogen) atoms. The highest BCUT2D eigenvalue weighted by atomic mass is 79.9. The van der Waals surface area contributed by atoms with E-state index in [4.69, 9.17) is 9.78 Å². The Bertz CT molecular complexity index is 753. The number of hydrogen-bond acceptors (Lipinski definition) is 5. The maximum absolute atomic E-state index is 8.91. The Morgan fingerprint density at radius 3 is 2.79 bits per heavy atom. The van der Waals surface area contributed by atoms with Crippen molar-refractivity contribution >= 4 is 15.9 Å². The monoisotopic (exact) mass is 315 g/mol. The first-order valence-corrected chi connectivity index (χ1v) is 6.10. The van der Waals surface area contributed by atoms with E-state index in [0.29, 0.717) is 17.1 Å². The topological polar surface area (TPSA) is 91.4 Å². The first-order valence-electron chi connectivity index (χ1n) is 5.31. The second-order valence-corrected chi connectivity index (χ2v) is 4.62. The average Bonchev–Trinajstić information content (AvgIpc) is 3.07. The molecule has 3 aromatic rings. The van der Waals surface area contributed by atoms with E-state index in [9.17, 15) is 0 Å². The molecule has 2 heterocycles. The van der Waals surface area contributed by atoms with Crippen molar-refractivity contribution in [3.05, 3.63) is 40.6 Å². The number of nitrogens with one attached hydrogen (secondary N) is 1. The minimum atomic E-state index is 0.267. The zero-order chi connectivity index (χ0) is 13.2. The van der Waals surface area contributed by atoms with Crippen LogP contribution in [-0.2, 0) is 0 Å². The fraction of sp³-hybridized carbons (Fsp3) is 0. The number of aromatic nitrogens is 4. The van der Waals surface area contributed by atoms with Crippen molar-refractivity contribution in [3.63, 3.8) is 0 Å². The van der Waals surface area contributed by atoms with Crippen LogP contribution in [0.3, 0.4) is 0 Å². The summed E-state index contributed by atoms with van der Waals surface area (Å²) in [6, 6.07) is 9.51. The average molecular weight is 316 g/mol. The Kier molecular flexibility index (Phi) is 2.85. The van der Waals surface area contributed by atoms with Crippen LogP contribution in [0.25, 0.3) is 22.8 Å². The summed E-state index contributed by atoms with van der Waals surface area (Å²) in [5.74, 6) is 0.732. The van der Waals surface area contributed by atoms with Crippen molar-refractivity contribution < 1.29 is 4.52 Å². The molecule has 2 aromatic heterocycles. The van der Waals surface area contributed by atoms with Crippen LogP contribution in [0.4, 0.5) is 0 Å². The minimum Gasteiger partial charge on any atom is -0.333 e. The van der Waals surface area contributed by atoms with Crippen molar-refractivity contribution in [3.8, 4) is 28.9 Å². The quantitative estimate of drug-likeness (QED) is 0.785. The molecule has 92 valence electrons. The maximum atomic E-state index is 8.91. The number of benzene rings is 1. The largest absolute Gasteiger partial charge is 0.333 e. The third-order valence-electron chi connectivity index (χ3n) is 2.51. The predicted octanol–water partition coefficient (Wildman–Crippen LogP) is 2.76. The molecule has 0 amide bonds. The van der Waals surface area contributed by atoms with E-state index in [2.05, 4.69) is 36.3 Å². The van der Waals surface area contributed by atoms with E-state index >= 15 is 0 Å². The van der Waals surface area contributed by atoms with Crippen LogP contribution in [-0.4, -0.2) is 20.3 Å². The van der Waals surface area contributed by atoms with Gasteiger partial charge in [0.2, 0.25) is 5.82 Å². The lowest BCUT2D eigenvalue weighted by molar-refractivity contribution is 0.432. The standard InChI is InChI=1S/C12H6BrN5O/c13-8-3-1-7(2-4-8)11-16-12(19-18-11)9-6-15-17-10(9)5-14/h1-4,6H,(H,15,17). The van der Waals surface area contributed by atoms with Crippen LogP contribution in [0.1, 0.15) is 5.69 Å². The molecular formula is C12H6BrN5O. The predicted molar refractivity (Wildman–Crippen MR) is 69.7 cm³/mol. The first-order chi connectivity index (χ1) is 9.28. The van der Waals surface area contributed by atoms with Crippen LogP contribution >= 0.6 is 15.9 Å². The van der Waals surface area contributed by atoms with Crippen LogP contribution in [0.15, 0.2) is 39.5 Å². The summed E-state index contributed by atoms with van der Waals surface area (Å²) in [7, 11) is 0. The van der Waals surface area contributed by atoms with Gasteiger partial charge in [-0.1, -0.05) is 21.1 Å². The normalized spacial score (nSPS) is 10.3. The lowest BCUT2D eigenvalue weighted by Gasteiger charge is -1.93. The van der Waals surface area contributed by atoms with E-state index in [1.54, 1.807) is 0 Å². The van der Waals surface area contributed by atoms with Crippen LogP contribution in [0, 0.1) is 11.3 Å². The molecule has 6 nitrogen and oxygen atoms in total. The summed E-state index contributed by atoms with van der Waals surface area (Å²) in [5, 5.41) is 19.1. The van der Waals surface area contributed by atoms with Crippen LogP contribution < -0.4 is 0 Å². The van der Waals surface area contributed by atoms with Gasteiger partial charge in [-0.3, -0.25) is 5.10 Å². The Labute approximate surface area is 116 Å². The number of nitriles is 1. The lowest BCUT2D eigenvalue weighted by Crippen LogP contribution is -1.82. The highest BCUT2D eigenvalue weighted by Gasteiger charge is 2.15. The highest BCUT2D eigenvalue weighted by Crippen LogP contribution is 2.24. The molecule has 0 atom stereocenters. The Hall–Kier alpha value is -2.46. The molecule has 0 saturated heterocycles. The van der Waals surface area contributed by atoms with Crippen molar-refractivity contribution in [2.45, 2.75) is 0 Å². The van der Waals surface area contributed by atoms with Crippen molar-refractivity contribution in [2.75, 3.05) is 0 Å². The lowest BCUT2D eigenvalue weighted by atomic mass is 10.2. The van der Waals surface area contributed by atoms with Crippen LogP contribution in [0.2, 0.25) is 0 Å². The molecule has 7 heteroatoms. The summed E-state index contributed by atoms with van der Waals surface area (Å²) < 4.78 is 6.13. The zero-order valence-electron chi connectivity index (χ0n) is 9.46. The van der Waals surface area contributed by atoms with Gasteiger partial charge in [-0.25, -0.2) is 0 Å². The smallest absolute Gasteiger partial charge is 0.262 e. The molecule has 0 unspecified atom stereocenters. The molecule has 3 rings (SSSR count). The molecule has 0 aliphatic rings. The molecule has 0 radical (unpaired) electrons. The van der Waals surface area contributed by atoms with E-state index in [1.807, 2.05) is 30.3 Å². The second-order valence-electron chi connectivity index (χ2n) is 3.70. The molecule has 0 bridgehead atoms. The van der Waals surface area contributed by atoms with Crippen molar-refractivity contribution in [2.24, 2.45) is 0 Å². The van der Waals surface area contributed by atoms with Gasteiger partial charge in [-0.2, -0.15) is 15.3 Å². The number of aromatic amines is 1. The van der Waals surface area contributed by atoms with E-state index in [0.717, 1.165) is 10.0 Å². The van der Waals surface area contributed by atoms with Gasteiger partial charge in [-0.05, 0) is 24.3 Å². The van der Waals surface area contributed by atoms with Gasteiger partial charge in [0.15, 0.2) is 0 Å². The molecule has 1 N–H and O–H groups in total. The molecule has 0 aliphatic carbocycles. The minimum absolute atomic E-state index is 0.267. The van der Waals surface area contributed by atoms with Crippen LogP contribution in [0.5, 0.6) is 0 Å². The number of hydrogen-bond donors (Lipinski definition) is 1. The maximum Gasteiger partial charge on any atom is 0.262 e. The van der Waals surface area contributed by atoms with Gasteiger partial charge >= 0.3 is 0 Å². The van der Waals surface area contributed by atoms with Gasteiger partial charge in [0, 0.05) is 10.0 Å². The SMILES string of the molecule is N#Cc1[nH]ncc1-c1nc(-c2ccc(Br)cc2)no1. The van der Waals surface area contributed by atoms with E-state index < -0.39 is 0 Å². The Morgan fingerprint density at radius 1 is 1.26 bits per heavy atom. The number of H-pyrrole nitrogens is 1. The number of rotatable bonds is 2. The molecule has 1 aromatic carbocycles. The van der Waals surface area contributed by atoms with Gasteiger partial charge in [0.1, 0.15) is 11.8 Å². The Morgan fingerprint density at radius 2 is 2.05 bits per heavy atom. The molecule has 0 spiro atoms. The highest BCUT2D eigenvalue weighted by molar-refractivity contribution is 9.10. The zero-order valence-corrected chi connectivity index (χ0v) is 11.0. The number of nitrogens with zero attached hydrogens (tertiary/aromatic N) is 4. The van der Waals surface area contributed by atoms with Gasteiger partial charge < -0.3 is 4.52 Å². The van der Waals surface area contributed by atoms with E-state index in [-0.39, 0.29) is 5.89 Å². The van der Waals surface area contributed by atoms with Gasteiger partial charge in [-0.15, -0.1) is 0 Å². The van der Waals surface area contributed by atoms with Crippen molar-refractivity contribution in [1.29, 1.82) is 5.26 Å². The number of halogens is 1. The van der Waals surface area contributed by atoms with Gasteiger partial charge in [0.25, 0.3) is 5.89 Å².